The van der Waals surface area contributed by atoms with E-state index in [2.05, 4.69) is 0 Å². The van der Waals surface area contributed by atoms with E-state index in [-0.39, 0.29) is 23.8 Å². The van der Waals surface area contributed by atoms with E-state index in [1.54, 1.807) is 6.07 Å². The largest absolute Gasteiger partial charge is 0.490 e. The van der Waals surface area contributed by atoms with Gasteiger partial charge >= 0.3 is 5.97 Å². The summed E-state index contributed by atoms with van der Waals surface area (Å²) in [7, 11) is 0. The first-order chi connectivity index (χ1) is 18.0. The van der Waals surface area contributed by atoms with E-state index >= 15 is 0 Å². The number of ether oxygens (including phenoxy) is 4. The number of carbonyl (C=O) groups is 1. The number of carboxylic acid groups (broad SMARTS) is 1. The van der Waals surface area contributed by atoms with Gasteiger partial charge in [0.2, 0.25) is 0 Å². The van der Waals surface area contributed by atoms with Crippen molar-refractivity contribution in [2.45, 2.75) is 50.2 Å². The average molecular weight is 505 g/mol. The first-order valence-corrected chi connectivity index (χ1v) is 12.9. The number of benzene rings is 3. The lowest BCUT2D eigenvalue weighted by Gasteiger charge is -2.23. The average Bonchev–Trinajstić information content (AvgIpc) is 3.61. The molecule has 37 heavy (non-hydrogen) atoms. The van der Waals surface area contributed by atoms with Crippen LogP contribution in [0.5, 0.6) is 23.0 Å². The Bertz CT molecular complexity index is 1270. The third kappa shape index (κ3) is 5.14. The van der Waals surface area contributed by atoms with Crippen LogP contribution in [0.25, 0.3) is 0 Å². The highest BCUT2D eigenvalue weighted by atomic mass is 19.1. The van der Waals surface area contributed by atoms with Crippen LogP contribution in [-0.2, 0) is 16.0 Å². The summed E-state index contributed by atoms with van der Waals surface area (Å²) in [6.45, 7) is 1.45. The Balaban J connectivity index is 1.12. The fraction of sp³-hybridized carbons (Fsp3) is 0.367. The monoisotopic (exact) mass is 504 g/mol. The van der Waals surface area contributed by atoms with Crippen molar-refractivity contribution in [1.29, 1.82) is 0 Å². The summed E-state index contributed by atoms with van der Waals surface area (Å²) >= 11 is 0. The maximum absolute atomic E-state index is 14.9. The Morgan fingerprint density at radius 3 is 2.24 bits per heavy atom. The van der Waals surface area contributed by atoms with Crippen molar-refractivity contribution in [3.05, 3.63) is 83.2 Å². The van der Waals surface area contributed by atoms with Gasteiger partial charge in [0.1, 0.15) is 41.0 Å². The summed E-state index contributed by atoms with van der Waals surface area (Å²) < 4.78 is 38.7. The molecule has 3 atom stereocenters. The Morgan fingerprint density at radius 2 is 1.54 bits per heavy atom. The SMILES string of the molecule is O=C(O)[C@H]1C[C@@H]1c1ccc(O[C@@H]2CCc3c(Oc4ccc(OC5CCOCC5)cc4)ccc(F)c32)cc1. The lowest BCUT2D eigenvalue weighted by atomic mass is 10.1. The van der Waals surface area contributed by atoms with Crippen LogP contribution in [0, 0.1) is 11.7 Å². The molecular formula is C30H29FO6. The van der Waals surface area contributed by atoms with E-state index in [1.165, 1.54) is 6.07 Å². The van der Waals surface area contributed by atoms with Gasteiger partial charge in [0.15, 0.2) is 0 Å². The van der Waals surface area contributed by atoms with Gasteiger partial charge in [0, 0.05) is 24.0 Å². The summed E-state index contributed by atoms with van der Waals surface area (Å²) in [6.07, 6.45) is 3.51. The molecule has 0 bridgehead atoms. The predicted octanol–water partition coefficient (Wildman–Crippen LogP) is 6.43. The number of halogens is 1. The third-order valence-electron chi connectivity index (χ3n) is 7.46. The second kappa shape index (κ2) is 10.1. The fourth-order valence-corrected chi connectivity index (χ4v) is 5.35. The third-order valence-corrected chi connectivity index (χ3v) is 7.46. The van der Waals surface area contributed by atoms with Gasteiger partial charge in [-0.25, -0.2) is 4.39 Å². The highest BCUT2D eigenvalue weighted by Crippen LogP contribution is 2.48. The van der Waals surface area contributed by atoms with Gasteiger partial charge in [-0.2, -0.15) is 0 Å². The molecule has 7 heteroatoms. The molecule has 0 radical (unpaired) electrons. The van der Waals surface area contributed by atoms with Crippen molar-refractivity contribution < 1.29 is 33.2 Å². The Labute approximate surface area is 214 Å². The Kier molecular flexibility index (Phi) is 6.47. The van der Waals surface area contributed by atoms with Gasteiger partial charge < -0.3 is 24.1 Å². The smallest absolute Gasteiger partial charge is 0.307 e. The zero-order valence-corrected chi connectivity index (χ0v) is 20.4. The van der Waals surface area contributed by atoms with E-state index in [0.29, 0.717) is 42.1 Å². The molecule has 6 nitrogen and oxygen atoms in total. The summed E-state index contributed by atoms with van der Waals surface area (Å²) in [5.74, 6) is 1.44. The molecule has 0 spiro atoms. The van der Waals surface area contributed by atoms with Crippen molar-refractivity contribution in [3.63, 3.8) is 0 Å². The van der Waals surface area contributed by atoms with Crippen LogP contribution in [0.1, 0.15) is 54.4 Å². The minimum absolute atomic E-state index is 0.0680. The van der Waals surface area contributed by atoms with Gasteiger partial charge in [-0.05, 0) is 79.3 Å². The van der Waals surface area contributed by atoms with Crippen LogP contribution >= 0.6 is 0 Å². The van der Waals surface area contributed by atoms with Gasteiger partial charge in [-0.1, -0.05) is 12.1 Å². The molecule has 0 aromatic heterocycles. The zero-order valence-electron chi connectivity index (χ0n) is 20.4. The normalized spacial score (nSPS) is 22.8. The van der Waals surface area contributed by atoms with Crippen molar-refractivity contribution in [1.82, 2.24) is 0 Å². The van der Waals surface area contributed by atoms with Crippen LogP contribution in [0.15, 0.2) is 60.7 Å². The molecule has 1 heterocycles. The molecule has 6 rings (SSSR count). The number of hydrogen-bond donors (Lipinski definition) is 1. The van der Waals surface area contributed by atoms with Gasteiger partial charge in [0.25, 0.3) is 0 Å². The molecule has 0 amide bonds. The van der Waals surface area contributed by atoms with E-state index in [9.17, 15) is 9.18 Å². The highest BCUT2D eigenvalue weighted by molar-refractivity contribution is 5.75. The van der Waals surface area contributed by atoms with Crippen molar-refractivity contribution in [2.24, 2.45) is 5.92 Å². The quantitative estimate of drug-likeness (QED) is 0.381. The zero-order chi connectivity index (χ0) is 25.4. The van der Waals surface area contributed by atoms with Crippen LogP contribution < -0.4 is 14.2 Å². The van der Waals surface area contributed by atoms with Crippen molar-refractivity contribution >= 4 is 5.97 Å². The highest BCUT2D eigenvalue weighted by Gasteiger charge is 2.44. The van der Waals surface area contributed by atoms with E-state index in [1.807, 2.05) is 48.5 Å². The van der Waals surface area contributed by atoms with Crippen LogP contribution in [0.3, 0.4) is 0 Å². The predicted molar refractivity (Wildman–Crippen MR) is 134 cm³/mol. The molecule has 3 aromatic rings. The molecule has 0 unspecified atom stereocenters. The van der Waals surface area contributed by atoms with Crippen LogP contribution in [0.2, 0.25) is 0 Å². The topological polar surface area (TPSA) is 74.2 Å². The maximum Gasteiger partial charge on any atom is 0.307 e. The summed E-state index contributed by atoms with van der Waals surface area (Å²) in [5.41, 5.74) is 2.36. The number of rotatable bonds is 8. The van der Waals surface area contributed by atoms with Crippen molar-refractivity contribution in [2.75, 3.05) is 13.2 Å². The first-order valence-electron chi connectivity index (χ1n) is 12.9. The maximum atomic E-state index is 14.9. The fourth-order valence-electron chi connectivity index (χ4n) is 5.35. The van der Waals surface area contributed by atoms with E-state index in [0.717, 1.165) is 42.9 Å². The number of aliphatic carboxylic acids is 1. The lowest BCUT2D eigenvalue weighted by Crippen LogP contribution is -2.25. The van der Waals surface area contributed by atoms with Crippen molar-refractivity contribution in [3.8, 4) is 23.0 Å². The Hall–Kier alpha value is -3.58. The summed E-state index contributed by atoms with van der Waals surface area (Å²) in [4.78, 5) is 11.1. The van der Waals surface area contributed by atoms with Gasteiger partial charge in [-0.15, -0.1) is 0 Å². The van der Waals surface area contributed by atoms with Crippen LogP contribution in [0.4, 0.5) is 4.39 Å². The molecule has 2 aliphatic carbocycles. The minimum atomic E-state index is -0.749. The molecule has 1 saturated carbocycles. The molecule has 2 fully saturated rings. The molecule has 192 valence electrons. The number of hydrogen-bond acceptors (Lipinski definition) is 5. The summed E-state index contributed by atoms with van der Waals surface area (Å²) in [6, 6.07) is 18.1. The van der Waals surface area contributed by atoms with Gasteiger partial charge in [-0.3, -0.25) is 4.79 Å². The number of fused-ring (bicyclic) bond motifs is 1. The molecule has 1 N–H and O–H groups in total. The Morgan fingerprint density at radius 1 is 0.865 bits per heavy atom. The summed E-state index contributed by atoms with van der Waals surface area (Å²) in [5, 5.41) is 9.16. The minimum Gasteiger partial charge on any atom is -0.490 e. The molecular weight excluding hydrogens is 475 g/mol. The molecule has 1 saturated heterocycles. The lowest BCUT2D eigenvalue weighted by molar-refractivity contribution is -0.138. The first kappa shape index (κ1) is 23.8. The van der Waals surface area contributed by atoms with Crippen LogP contribution in [-0.4, -0.2) is 30.4 Å². The number of carboxylic acids is 1. The second-order valence-corrected chi connectivity index (χ2v) is 9.94. The second-order valence-electron chi connectivity index (χ2n) is 9.94. The molecule has 3 aromatic carbocycles. The van der Waals surface area contributed by atoms with Gasteiger partial charge in [0.05, 0.1) is 19.1 Å². The van der Waals surface area contributed by atoms with E-state index in [4.69, 9.17) is 24.1 Å². The molecule has 3 aliphatic rings. The standard InChI is InChI=1S/C30H29FO6/c31-26-10-12-27(36-21-7-5-19(6-8-21)35-22-13-15-34-16-14-22)23-9-11-28(29(23)26)37-20-3-1-18(2-4-20)24-17-25(24)30(32)33/h1-8,10,12,22,24-25,28H,9,11,13-17H2,(H,32,33)/t24-,25+,28-/m1/s1. The van der Waals surface area contributed by atoms with E-state index < -0.39 is 12.1 Å². The molecule has 1 aliphatic heterocycles.